The van der Waals surface area contributed by atoms with Crippen LogP contribution < -0.4 is 11.2 Å². The third kappa shape index (κ3) is 2.21. The molecule has 0 bridgehead atoms. The maximum Gasteiger partial charge on any atom is 0.331 e. The summed E-state index contributed by atoms with van der Waals surface area (Å²) in [6.07, 6.45) is 5.31. The van der Waals surface area contributed by atoms with E-state index in [1.807, 2.05) is 0 Å². The first-order chi connectivity index (χ1) is 8.52. The molecule has 1 aliphatic rings. The van der Waals surface area contributed by atoms with Crippen molar-refractivity contribution in [1.29, 1.82) is 0 Å². The summed E-state index contributed by atoms with van der Waals surface area (Å²) < 4.78 is 1.37. The lowest BCUT2D eigenvalue weighted by molar-refractivity contribution is 0.280. The number of rotatable bonds is 1. The van der Waals surface area contributed by atoms with Crippen LogP contribution in [0.2, 0.25) is 0 Å². The van der Waals surface area contributed by atoms with Crippen molar-refractivity contribution < 1.29 is 5.11 Å². The molecule has 18 heavy (non-hydrogen) atoms. The summed E-state index contributed by atoms with van der Waals surface area (Å²) in [5.41, 5.74) is -0.789. The third-order valence-corrected chi connectivity index (χ3v) is 3.99. The number of aromatic amines is 1. The van der Waals surface area contributed by atoms with Crippen molar-refractivity contribution in [3.05, 3.63) is 26.4 Å². The second-order valence-corrected chi connectivity index (χ2v) is 5.26. The van der Waals surface area contributed by atoms with Crippen LogP contribution >= 0.6 is 0 Å². The zero-order valence-electron chi connectivity index (χ0n) is 10.9. The van der Waals surface area contributed by atoms with Gasteiger partial charge in [0, 0.05) is 6.04 Å². The molecule has 1 aromatic rings. The highest BCUT2D eigenvalue weighted by Gasteiger charge is 2.25. The predicted molar refractivity (Wildman–Crippen MR) is 69.0 cm³/mol. The highest BCUT2D eigenvalue weighted by atomic mass is 16.3. The van der Waals surface area contributed by atoms with Crippen LogP contribution in [-0.2, 0) is 0 Å². The van der Waals surface area contributed by atoms with Crippen molar-refractivity contribution in [2.75, 3.05) is 0 Å². The molecule has 0 spiro atoms. The molecule has 2 unspecified atom stereocenters. The largest absolute Gasteiger partial charge is 0.494 e. The van der Waals surface area contributed by atoms with Crippen molar-refractivity contribution in [2.24, 2.45) is 5.92 Å². The van der Waals surface area contributed by atoms with Crippen molar-refractivity contribution >= 4 is 0 Å². The quantitative estimate of drug-likeness (QED) is 0.747. The fraction of sp³-hybridized carbons (Fsp3) is 0.692. The molecule has 2 rings (SSSR count). The van der Waals surface area contributed by atoms with Crippen molar-refractivity contribution in [3.8, 4) is 5.88 Å². The maximum atomic E-state index is 11.9. The second kappa shape index (κ2) is 5.00. The molecule has 0 aromatic carbocycles. The Morgan fingerprint density at radius 3 is 2.61 bits per heavy atom. The smallest absolute Gasteiger partial charge is 0.331 e. The Hall–Kier alpha value is -1.52. The average Bonchev–Trinajstić information content (AvgIpc) is 2.52. The first-order valence-electron chi connectivity index (χ1n) is 6.56. The fourth-order valence-electron chi connectivity index (χ4n) is 2.79. The summed E-state index contributed by atoms with van der Waals surface area (Å²) in [7, 11) is 0. The van der Waals surface area contributed by atoms with Gasteiger partial charge >= 0.3 is 5.69 Å². The Morgan fingerprint density at radius 2 is 1.89 bits per heavy atom. The SMILES string of the molecule is Cc1c(O)n(C2CCCCCC2C)c(=O)[nH]c1=O. The molecule has 1 saturated carbocycles. The van der Waals surface area contributed by atoms with E-state index in [0.29, 0.717) is 5.92 Å². The monoisotopic (exact) mass is 252 g/mol. The molecule has 2 N–H and O–H groups in total. The van der Waals surface area contributed by atoms with Gasteiger partial charge in [0.15, 0.2) is 0 Å². The summed E-state index contributed by atoms with van der Waals surface area (Å²) in [4.78, 5) is 25.6. The molecule has 5 heteroatoms. The van der Waals surface area contributed by atoms with Crippen molar-refractivity contribution in [2.45, 2.75) is 52.0 Å². The minimum absolute atomic E-state index is 0.0180. The summed E-state index contributed by atoms with van der Waals surface area (Å²) in [6, 6.07) is -0.0180. The first kappa shape index (κ1) is 12.9. The van der Waals surface area contributed by atoms with E-state index in [1.54, 1.807) is 0 Å². The van der Waals surface area contributed by atoms with Crippen LogP contribution in [0.4, 0.5) is 0 Å². The van der Waals surface area contributed by atoms with Crippen LogP contribution in [0, 0.1) is 12.8 Å². The van der Waals surface area contributed by atoms with Gasteiger partial charge in [0.25, 0.3) is 5.56 Å². The van der Waals surface area contributed by atoms with E-state index in [1.165, 1.54) is 17.9 Å². The van der Waals surface area contributed by atoms with Crippen LogP contribution in [0.1, 0.15) is 50.6 Å². The third-order valence-electron chi connectivity index (χ3n) is 3.99. The van der Waals surface area contributed by atoms with E-state index in [2.05, 4.69) is 11.9 Å². The lowest BCUT2D eigenvalue weighted by Crippen LogP contribution is -2.35. The topological polar surface area (TPSA) is 75.1 Å². The zero-order chi connectivity index (χ0) is 13.3. The van der Waals surface area contributed by atoms with Crippen LogP contribution in [0.3, 0.4) is 0 Å². The van der Waals surface area contributed by atoms with Gasteiger partial charge in [-0.1, -0.05) is 26.2 Å². The number of aromatic hydroxyl groups is 1. The van der Waals surface area contributed by atoms with Gasteiger partial charge in [0.05, 0.1) is 5.56 Å². The Balaban J connectivity index is 2.53. The standard InChI is InChI=1S/C13H20N2O3/c1-8-6-4-3-5-7-10(8)15-12(17)9(2)11(16)14-13(15)18/h8,10,17H,3-7H2,1-2H3,(H,14,16,18). The number of nitrogens with zero attached hydrogens (tertiary/aromatic N) is 1. The Morgan fingerprint density at radius 1 is 1.22 bits per heavy atom. The predicted octanol–water partition coefficient (Wildman–Crippen LogP) is 1.69. The Kier molecular flexibility index (Phi) is 3.59. The van der Waals surface area contributed by atoms with E-state index < -0.39 is 11.2 Å². The summed E-state index contributed by atoms with van der Waals surface area (Å²) in [5.74, 6) is 0.156. The first-order valence-corrected chi connectivity index (χ1v) is 6.56. The van der Waals surface area contributed by atoms with E-state index in [-0.39, 0.29) is 17.5 Å². The van der Waals surface area contributed by atoms with Gasteiger partial charge < -0.3 is 5.11 Å². The van der Waals surface area contributed by atoms with Gasteiger partial charge in [-0.15, -0.1) is 0 Å². The van der Waals surface area contributed by atoms with Gasteiger partial charge in [-0.05, 0) is 25.7 Å². The molecule has 2 atom stereocenters. The highest BCUT2D eigenvalue weighted by molar-refractivity contribution is 5.21. The van der Waals surface area contributed by atoms with Crippen LogP contribution in [0.15, 0.2) is 9.59 Å². The molecule has 1 heterocycles. The van der Waals surface area contributed by atoms with Gasteiger partial charge in [0.2, 0.25) is 5.88 Å². The average molecular weight is 252 g/mol. The Labute approximate surface area is 105 Å². The lowest BCUT2D eigenvalue weighted by Gasteiger charge is -2.24. The number of H-pyrrole nitrogens is 1. The molecule has 5 nitrogen and oxygen atoms in total. The van der Waals surface area contributed by atoms with Crippen molar-refractivity contribution in [3.63, 3.8) is 0 Å². The number of nitrogens with one attached hydrogen (secondary N) is 1. The molecule has 1 fully saturated rings. The van der Waals surface area contributed by atoms with Crippen LogP contribution in [-0.4, -0.2) is 14.7 Å². The van der Waals surface area contributed by atoms with Gasteiger partial charge in [-0.25, -0.2) is 4.79 Å². The van der Waals surface area contributed by atoms with E-state index in [9.17, 15) is 14.7 Å². The van der Waals surface area contributed by atoms with Crippen LogP contribution in [0.25, 0.3) is 0 Å². The summed E-state index contributed by atoms with van der Waals surface area (Å²) in [5, 5.41) is 10.1. The molecule has 1 aromatic heterocycles. The summed E-state index contributed by atoms with van der Waals surface area (Å²) >= 11 is 0. The molecule has 0 saturated heterocycles. The van der Waals surface area contributed by atoms with Crippen molar-refractivity contribution in [1.82, 2.24) is 9.55 Å². The van der Waals surface area contributed by atoms with E-state index >= 15 is 0 Å². The molecular weight excluding hydrogens is 232 g/mol. The van der Waals surface area contributed by atoms with Gasteiger partial charge in [-0.3, -0.25) is 14.3 Å². The fourth-order valence-corrected chi connectivity index (χ4v) is 2.79. The number of hydrogen-bond donors (Lipinski definition) is 2. The molecule has 100 valence electrons. The van der Waals surface area contributed by atoms with Gasteiger partial charge in [0.1, 0.15) is 0 Å². The molecule has 1 aliphatic carbocycles. The maximum absolute atomic E-state index is 11.9. The summed E-state index contributed by atoms with van der Waals surface area (Å²) in [6.45, 7) is 3.63. The minimum Gasteiger partial charge on any atom is -0.494 e. The molecular formula is C13H20N2O3. The second-order valence-electron chi connectivity index (χ2n) is 5.26. The molecule has 0 amide bonds. The van der Waals surface area contributed by atoms with Crippen LogP contribution in [0.5, 0.6) is 5.88 Å². The van der Waals surface area contributed by atoms with Gasteiger partial charge in [-0.2, -0.15) is 0 Å². The normalized spacial score (nSPS) is 24.8. The molecule has 0 aliphatic heterocycles. The highest BCUT2D eigenvalue weighted by Crippen LogP contribution is 2.33. The minimum atomic E-state index is -0.505. The molecule has 0 radical (unpaired) electrons. The van der Waals surface area contributed by atoms with E-state index in [4.69, 9.17) is 0 Å². The Bertz CT molecular complexity index is 544. The zero-order valence-corrected chi connectivity index (χ0v) is 10.9. The number of hydrogen-bond acceptors (Lipinski definition) is 3. The number of aromatic nitrogens is 2. The van der Waals surface area contributed by atoms with E-state index in [0.717, 1.165) is 25.7 Å². The lowest BCUT2D eigenvalue weighted by atomic mass is 9.96.